The number of nitrogens with one attached hydrogen (secondary N) is 1. The van der Waals surface area contributed by atoms with Crippen LogP contribution in [0.4, 0.5) is 5.13 Å². The molecule has 0 amide bonds. The second kappa shape index (κ2) is 10.6. The van der Waals surface area contributed by atoms with Gasteiger partial charge in [0.15, 0.2) is 11.1 Å². The van der Waals surface area contributed by atoms with E-state index in [1.165, 1.54) is 34.8 Å². The number of nitrogens with zero attached hydrogens (tertiary/aromatic N) is 5. The van der Waals surface area contributed by atoms with E-state index in [1.54, 1.807) is 11.3 Å². The van der Waals surface area contributed by atoms with E-state index in [2.05, 4.69) is 34.6 Å². The van der Waals surface area contributed by atoms with Gasteiger partial charge in [-0.3, -0.25) is 0 Å². The van der Waals surface area contributed by atoms with Crippen molar-refractivity contribution in [3.05, 3.63) is 26.7 Å². The van der Waals surface area contributed by atoms with Gasteiger partial charge in [0.25, 0.3) is 0 Å². The largest absolute Gasteiger partial charge is 0.357 e. The Labute approximate surface area is 187 Å². The van der Waals surface area contributed by atoms with Crippen molar-refractivity contribution in [3.8, 4) is 0 Å². The van der Waals surface area contributed by atoms with Crippen molar-refractivity contribution in [3.63, 3.8) is 0 Å². The summed E-state index contributed by atoms with van der Waals surface area (Å²) in [5, 5.41) is 7.67. The molecule has 0 radical (unpaired) electrons. The predicted molar refractivity (Wildman–Crippen MR) is 127 cm³/mol. The fraction of sp³-hybridized carbons (Fsp3) is 0.611. The third-order valence-electron chi connectivity index (χ3n) is 4.27. The Morgan fingerprint density at radius 1 is 1.22 bits per heavy atom. The molecule has 1 aliphatic carbocycles. The van der Waals surface area contributed by atoms with E-state index >= 15 is 0 Å². The maximum Gasteiger partial charge on any atom is 0.194 e. The zero-order valence-corrected chi connectivity index (χ0v) is 20.5. The maximum absolute atomic E-state index is 4.85. The summed E-state index contributed by atoms with van der Waals surface area (Å²) >= 11 is 3.52. The minimum absolute atomic E-state index is 0. The Kier molecular flexibility index (Phi) is 8.74. The van der Waals surface area contributed by atoms with Gasteiger partial charge in [-0.05, 0) is 32.6 Å². The number of guanidine groups is 1. The molecule has 0 saturated carbocycles. The van der Waals surface area contributed by atoms with Crippen LogP contribution in [0, 0.1) is 0 Å². The fourth-order valence-corrected chi connectivity index (χ4v) is 4.91. The predicted octanol–water partition coefficient (Wildman–Crippen LogP) is 3.76. The van der Waals surface area contributed by atoms with Gasteiger partial charge in [0, 0.05) is 37.9 Å². The van der Waals surface area contributed by atoms with Crippen LogP contribution in [0.15, 0.2) is 10.4 Å². The molecule has 1 N–H and O–H groups in total. The van der Waals surface area contributed by atoms with Gasteiger partial charge in [-0.15, -0.1) is 46.7 Å². The number of rotatable bonds is 6. The van der Waals surface area contributed by atoms with E-state index in [0.29, 0.717) is 6.54 Å². The Morgan fingerprint density at radius 3 is 2.67 bits per heavy atom. The molecule has 3 rings (SSSR count). The normalized spacial score (nSPS) is 13.7. The maximum atomic E-state index is 4.85. The van der Waals surface area contributed by atoms with Crippen LogP contribution in [0.5, 0.6) is 0 Å². The molecule has 2 heterocycles. The number of hydrogen-bond acceptors (Lipinski definition) is 6. The van der Waals surface area contributed by atoms with Crippen molar-refractivity contribution in [2.75, 3.05) is 32.6 Å². The number of halogens is 1. The molecule has 0 fully saturated rings. The first kappa shape index (κ1) is 22.4. The molecular weight excluding hydrogens is 491 g/mol. The molecule has 6 nitrogen and oxygen atoms in total. The van der Waals surface area contributed by atoms with E-state index in [1.807, 2.05) is 30.3 Å². The Balaban J connectivity index is 0.00000261. The number of fused-ring (bicyclic) bond motifs is 1. The number of aryl methyl sites for hydroxylation is 2. The molecule has 9 heteroatoms. The molecule has 0 aromatic carbocycles. The summed E-state index contributed by atoms with van der Waals surface area (Å²) in [4.78, 5) is 19.9. The van der Waals surface area contributed by atoms with Crippen LogP contribution in [0.25, 0.3) is 0 Å². The number of hydrogen-bond donors (Lipinski definition) is 1. The average molecular weight is 521 g/mol. The molecular formula is C18H29IN6S2. The van der Waals surface area contributed by atoms with E-state index in [0.717, 1.165) is 36.3 Å². The van der Waals surface area contributed by atoms with Gasteiger partial charge >= 0.3 is 0 Å². The summed E-state index contributed by atoms with van der Waals surface area (Å²) in [7, 11) is 6.10. The second-order valence-corrected chi connectivity index (χ2v) is 8.73. The molecule has 27 heavy (non-hydrogen) atoms. The number of anilines is 1. The molecule has 0 saturated heterocycles. The highest BCUT2D eigenvalue weighted by Crippen LogP contribution is 2.27. The lowest BCUT2D eigenvalue weighted by atomic mass is 10.0. The van der Waals surface area contributed by atoms with Crippen LogP contribution in [-0.4, -0.2) is 48.5 Å². The summed E-state index contributed by atoms with van der Waals surface area (Å²) in [5.41, 5.74) is 2.33. The monoisotopic (exact) mass is 520 g/mol. The summed E-state index contributed by atoms with van der Waals surface area (Å²) in [6.45, 7) is 4.32. The highest BCUT2D eigenvalue weighted by molar-refractivity contribution is 14.0. The van der Waals surface area contributed by atoms with Crippen LogP contribution >= 0.6 is 46.7 Å². The van der Waals surface area contributed by atoms with Gasteiger partial charge in [0.05, 0.1) is 24.5 Å². The number of thiazole rings is 2. The summed E-state index contributed by atoms with van der Waals surface area (Å²) in [5.74, 6) is 0.903. The first-order valence-corrected chi connectivity index (χ1v) is 10.8. The summed E-state index contributed by atoms with van der Waals surface area (Å²) in [6, 6.07) is 0. The van der Waals surface area contributed by atoms with Crippen LogP contribution in [0.2, 0.25) is 0 Å². The quantitative estimate of drug-likeness (QED) is 0.357. The van der Waals surface area contributed by atoms with Crippen LogP contribution in [0.3, 0.4) is 0 Å². The van der Waals surface area contributed by atoms with E-state index in [9.17, 15) is 0 Å². The third kappa shape index (κ3) is 6.02. The summed E-state index contributed by atoms with van der Waals surface area (Å²) in [6.07, 6.45) is 4.92. The van der Waals surface area contributed by atoms with Crippen molar-refractivity contribution in [2.24, 2.45) is 4.99 Å². The number of aromatic nitrogens is 2. The minimum Gasteiger partial charge on any atom is -0.357 e. The molecule has 0 unspecified atom stereocenters. The second-order valence-electron chi connectivity index (χ2n) is 6.73. The Bertz CT molecular complexity index is 731. The molecule has 0 atom stereocenters. The lowest BCUT2D eigenvalue weighted by Crippen LogP contribution is -2.38. The Morgan fingerprint density at radius 2 is 2.00 bits per heavy atom. The number of aliphatic imine (C=N–C) groups is 1. The van der Waals surface area contributed by atoms with Gasteiger partial charge in [-0.2, -0.15) is 0 Å². The minimum atomic E-state index is 0. The topological polar surface area (TPSA) is 56.7 Å². The van der Waals surface area contributed by atoms with Crippen molar-refractivity contribution in [1.29, 1.82) is 0 Å². The summed E-state index contributed by atoms with van der Waals surface area (Å²) < 4.78 is 0. The van der Waals surface area contributed by atoms with E-state index < -0.39 is 0 Å². The molecule has 2 aromatic heterocycles. The van der Waals surface area contributed by atoms with E-state index in [4.69, 9.17) is 9.98 Å². The molecule has 0 spiro atoms. The lowest BCUT2D eigenvalue weighted by molar-refractivity contribution is 0.474. The zero-order chi connectivity index (χ0) is 18.5. The first-order valence-electron chi connectivity index (χ1n) is 9.15. The van der Waals surface area contributed by atoms with Crippen molar-refractivity contribution in [1.82, 2.24) is 20.2 Å². The highest BCUT2D eigenvalue weighted by Gasteiger charge is 2.17. The lowest BCUT2D eigenvalue weighted by Gasteiger charge is -2.20. The highest BCUT2D eigenvalue weighted by atomic mass is 127. The zero-order valence-electron chi connectivity index (χ0n) is 16.5. The first-order chi connectivity index (χ1) is 12.6. The standard InChI is InChI=1S/C18H28N6S2.HI/c1-5-19-17(20-10-13-12-25-18(21-13)23(2)3)24(4)11-16-22-14-8-6-7-9-15(14)26-16;/h12H,5-11H2,1-4H3,(H,19,20);1H. The van der Waals surface area contributed by atoms with Gasteiger partial charge in [-0.25, -0.2) is 15.0 Å². The fourth-order valence-electron chi connectivity index (χ4n) is 2.95. The van der Waals surface area contributed by atoms with Crippen LogP contribution in [0.1, 0.15) is 41.0 Å². The van der Waals surface area contributed by atoms with Crippen molar-refractivity contribution < 1.29 is 0 Å². The smallest absolute Gasteiger partial charge is 0.194 e. The van der Waals surface area contributed by atoms with Gasteiger partial charge < -0.3 is 15.1 Å². The third-order valence-corrected chi connectivity index (χ3v) is 6.47. The molecule has 0 bridgehead atoms. The molecule has 0 aliphatic heterocycles. The van der Waals surface area contributed by atoms with Gasteiger partial charge in [0.1, 0.15) is 5.01 Å². The molecule has 2 aromatic rings. The Hall–Kier alpha value is -0.940. The van der Waals surface area contributed by atoms with Crippen molar-refractivity contribution in [2.45, 2.75) is 45.7 Å². The van der Waals surface area contributed by atoms with Crippen LogP contribution in [-0.2, 0) is 25.9 Å². The van der Waals surface area contributed by atoms with Crippen LogP contribution < -0.4 is 10.2 Å². The van der Waals surface area contributed by atoms with E-state index in [-0.39, 0.29) is 24.0 Å². The molecule has 150 valence electrons. The molecule has 1 aliphatic rings. The van der Waals surface area contributed by atoms with Gasteiger partial charge in [-0.1, -0.05) is 0 Å². The van der Waals surface area contributed by atoms with Crippen molar-refractivity contribution >= 4 is 57.7 Å². The average Bonchev–Trinajstić information content (AvgIpc) is 3.24. The van der Waals surface area contributed by atoms with Gasteiger partial charge in [0.2, 0.25) is 0 Å². The SMILES string of the molecule is CCNC(=NCc1csc(N(C)C)n1)N(C)Cc1nc2c(s1)CCCC2.I.